The fraction of sp³-hybridized carbons (Fsp3) is 0.556. The largest absolute Gasteiger partial charge is 0.466 e. The highest BCUT2D eigenvalue weighted by Gasteiger charge is 2.10. The molecule has 1 aromatic rings. The van der Waals surface area contributed by atoms with Gasteiger partial charge in [-0.05, 0) is 19.8 Å². The molecule has 0 aliphatic carbocycles. The van der Waals surface area contributed by atoms with Gasteiger partial charge in [-0.2, -0.15) is 0 Å². The Morgan fingerprint density at radius 2 is 1.32 bits per heavy atom. The lowest BCUT2D eigenvalue weighted by Gasteiger charge is -2.07. The fourth-order valence-electron chi connectivity index (χ4n) is 2.25. The highest BCUT2D eigenvalue weighted by atomic mass is 35.5. The molecule has 4 nitrogen and oxygen atoms in total. The molecule has 0 radical (unpaired) electrons. The lowest BCUT2D eigenvalue weighted by atomic mass is 10.1. The lowest BCUT2D eigenvalue weighted by molar-refractivity contribution is -0.143. The van der Waals surface area contributed by atoms with Gasteiger partial charge in [0, 0.05) is 25.0 Å². The molecule has 0 bridgehead atoms. The highest BCUT2D eigenvalue weighted by Crippen LogP contribution is 2.34. The Morgan fingerprint density at radius 1 is 0.840 bits per heavy atom. The maximum absolute atomic E-state index is 11.8. The second-order valence-electron chi connectivity index (χ2n) is 5.60. The minimum atomic E-state index is -0.322. The van der Waals surface area contributed by atoms with Gasteiger partial charge < -0.3 is 9.47 Å². The Bertz CT molecular complexity index is 552. The minimum absolute atomic E-state index is 0.132. The first-order valence-electron chi connectivity index (χ1n) is 8.45. The van der Waals surface area contributed by atoms with E-state index >= 15 is 0 Å². The predicted molar refractivity (Wildman–Crippen MR) is 101 cm³/mol. The van der Waals surface area contributed by atoms with Crippen LogP contribution < -0.4 is 4.74 Å². The van der Waals surface area contributed by atoms with Crippen LogP contribution in [-0.4, -0.2) is 18.5 Å². The number of benzene rings is 1. The van der Waals surface area contributed by atoms with Gasteiger partial charge in [-0.1, -0.05) is 60.5 Å². The van der Waals surface area contributed by atoms with Crippen LogP contribution in [0.2, 0.25) is 15.1 Å². The summed E-state index contributed by atoms with van der Waals surface area (Å²) >= 11 is 17.6. The van der Waals surface area contributed by atoms with Crippen LogP contribution >= 0.6 is 34.8 Å². The van der Waals surface area contributed by atoms with E-state index in [-0.39, 0.29) is 27.0 Å². The summed E-state index contributed by atoms with van der Waals surface area (Å²) in [6, 6.07) is 2.94. The van der Waals surface area contributed by atoms with Crippen molar-refractivity contribution in [2.45, 2.75) is 58.3 Å². The average Bonchev–Trinajstić information content (AvgIpc) is 2.55. The zero-order valence-electron chi connectivity index (χ0n) is 14.3. The van der Waals surface area contributed by atoms with Gasteiger partial charge in [0.25, 0.3) is 0 Å². The van der Waals surface area contributed by atoms with Gasteiger partial charge in [0.1, 0.15) is 5.75 Å². The topological polar surface area (TPSA) is 52.6 Å². The molecule has 0 saturated carbocycles. The van der Waals surface area contributed by atoms with Crippen molar-refractivity contribution in [3.63, 3.8) is 0 Å². The number of hydrogen-bond donors (Lipinski definition) is 0. The van der Waals surface area contributed by atoms with Crippen LogP contribution in [0.5, 0.6) is 5.75 Å². The number of halogens is 3. The van der Waals surface area contributed by atoms with Crippen molar-refractivity contribution in [1.82, 2.24) is 0 Å². The molecular weight excluding hydrogens is 387 g/mol. The molecule has 0 atom stereocenters. The smallest absolute Gasteiger partial charge is 0.311 e. The van der Waals surface area contributed by atoms with Gasteiger partial charge in [-0.3, -0.25) is 9.59 Å². The fourth-order valence-corrected chi connectivity index (χ4v) is 2.83. The molecule has 1 rings (SSSR count). The van der Waals surface area contributed by atoms with Crippen LogP contribution in [-0.2, 0) is 14.3 Å². The van der Waals surface area contributed by atoms with E-state index in [0.717, 1.165) is 38.5 Å². The van der Waals surface area contributed by atoms with E-state index in [1.165, 1.54) is 12.1 Å². The number of carbonyl (C=O) groups is 2. The third kappa shape index (κ3) is 9.34. The Labute approximate surface area is 163 Å². The molecule has 0 saturated heterocycles. The van der Waals surface area contributed by atoms with Crippen LogP contribution in [0, 0.1) is 0 Å². The van der Waals surface area contributed by atoms with E-state index in [1.54, 1.807) is 6.92 Å². The summed E-state index contributed by atoms with van der Waals surface area (Å²) < 4.78 is 10.1. The van der Waals surface area contributed by atoms with Crippen molar-refractivity contribution >= 4 is 46.7 Å². The summed E-state index contributed by atoms with van der Waals surface area (Å²) in [5.41, 5.74) is 0. The van der Waals surface area contributed by atoms with E-state index < -0.39 is 0 Å². The monoisotopic (exact) mass is 408 g/mol. The molecule has 140 valence electrons. The molecule has 0 heterocycles. The molecular formula is C18H23Cl3O4. The van der Waals surface area contributed by atoms with Gasteiger partial charge in [0.05, 0.1) is 21.7 Å². The third-order valence-electron chi connectivity index (χ3n) is 3.51. The molecule has 0 aliphatic heterocycles. The van der Waals surface area contributed by atoms with Crippen LogP contribution in [0.15, 0.2) is 12.1 Å². The van der Waals surface area contributed by atoms with Crippen molar-refractivity contribution in [1.29, 1.82) is 0 Å². The van der Waals surface area contributed by atoms with Gasteiger partial charge in [0.15, 0.2) is 0 Å². The SMILES string of the molecule is CCOC(=O)CCCCCCCCC(=O)Oc1cc(Cl)c(Cl)c(Cl)c1. The van der Waals surface area contributed by atoms with Crippen LogP contribution in [0.25, 0.3) is 0 Å². The summed E-state index contributed by atoms with van der Waals surface area (Å²) in [7, 11) is 0. The van der Waals surface area contributed by atoms with Gasteiger partial charge >= 0.3 is 11.9 Å². The summed E-state index contributed by atoms with van der Waals surface area (Å²) in [6.07, 6.45) is 6.41. The van der Waals surface area contributed by atoms with E-state index in [2.05, 4.69) is 0 Å². The predicted octanol–water partition coefficient (Wildman–Crippen LogP) is 6.24. The molecule has 0 aromatic heterocycles. The standard InChI is InChI=1S/C18H23Cl3O4/c1-2-24-16(22)9-7-5-3-4-6-8-10-17(23)25-13-11-14(19)18(21)15(20)12-13/h11-12H,2-10H2,1H3. The second kappa shape index (κ2) is 12.4. The number of carbonyl (C=O) groups excluding carboxylic acids is 2. The molecule has 0 aliphatic rings. The molecule has 25 heavy (non-hydrogen) atoms. The van der Waals surface area contributed by atoms with Crippen molar-refractivity contribution in [2.24, 2.45) is 0 Å². The van der Waals surface area contributed by atoms with Gasteiger partial charge in [0.2, 0.25) is 0 Å². The molecule has 0 amide bonds. The molecule has 7 heteroatoms. The summed E-state index contributed by atoms with van der Waals surface area (Å²) in [5, 5.41) is 0.741. The molecule has 0 fully saturated rings. The average molecular weight is 410 g/mol. The summed E-state index contributed by atoms with van der Waals surface area (Å²) in [4.78, 5) is 23.0. The summed E-state index contributed by atoms with van der Waals surface area (Å²) in [5.74, 6) is -0.159. The maximum Gasteiger partial charge on any atom is 0.311 e. The van der Waals surface area contributed by atoms with Crippen LogP contribution in [0.3, 0.4) is 0 Å². The highest BCUT2D eigenvalue weighted by molar-refractivity contribution is 6.48. The Hall–Kier alpha value is -0.970. The first kappa shape index (κ1) is 22.1. The van der Waals surface area contributed by atoms with E-state index in [1.807, 2.05) is 0 Å². The van der Waals surface area contributed by atoms with Gasteiger partial charge in [-0.25, -0.2) is 0 Å². The van der Waals surface area contributed by atoms with Crippen LogP contribution in [0.1, 0.15) is 58.3 Å². The zero-order valence-corrected chi connectivity index (χ0v) is 16.6. The van der Waals surface area contributed by atoms with Crippen molar-refractivity contribution in [2.75, 3.05) is 6.61 Å². The number of hydrogen-bond acceptors (Lipinski definition) is 4. The molecule has 0 spiro atoms. The number of rotatable bonds is 11. The zero-order chi connectivity index (χ0) is 18.7. The van der Waals surface area contributed by atoms with Gasteiger partial charge in [-0.15, -0.1) is 0 Å². The lowest BCUT2D eigenvalue weighted by Crippen LogP contribution is -2.07. The third-order valence-corrected chi connectivity index (χ3v) is 4.70. The van der Waals surface area contributed by atoms with E-state index in [0.29, 0.717) is 25.2 Å². The van der Waals surface area contributed by atoms with E-state index in [9.17, 15) is 9.59 Å². The Kier molecular flexibility index (Phi) is 10.9. The normalized spacial score (nSPS) is 10.6. The Morgan fingerprint density at radius 3 is 1.84 bits per heavy atom. The molecule has 0 N–H and O–H groups in total. The first-order chi connectivity index (χ1) is 11.9. The quantitative estimate of drug-likeness (QED) is 0.188. The van der Waals surface area contributed by atoms with Crippen LogP contribution in [0.4, 0.5) is 0 Å². The minimum Gasteiger partial charge on any atom is -0.466 e. The van der Waals surface area contributed by atoms with Crippen molar-refractivity contribution in [3.8, 4) is 5.75 Å². The second-order valence-corrected chi connectivity index (χ2v) is 6.79. The van der Waals surface area contributed by atoms with Crippen molar-refractivity contribution < 1.29 is 19.1 Å². The Balaban J connectivity index is 2.10. The number of ether oxygens (including phenoxy) is 2. The molecule has 1 aromatic carbocycles. The first-order valence-corrected chi connectivity index (χ1v) is 9.58. The maximum atomic E-state index is 11.8. The van der Waals surface area contributed by atoms with E-state index in [4.69, 9.17) is 44.3 Å². The summed E-state index contributed by atoms with van der Waals surface area (Å²) in [6.45, 7) is 2.24. The number of unbranched alkanes of at least 4 members (excludes halogenated alkanes) is 5. The molecule has 0 unspecified atom stereocenters. The number of esters is 2. The van der Waals surface area contributed by atoms with Crippen molar-refractivity contribution in [3.05, 3.63) is 27.2 Å².